The fraction of sp³-hybridized carbons (Fsp3) is 1.00. The van der Waals surface area contributed by atoms with Gasteiger partial charge < -0.3 is 5.32 Å². The topological polar surface area (TPSA) is 61.4 Å². The first-order valence-corrected chi connectivity index (χ1v) is 7.93. The van der Waals surface area contributed by atoms with Gasteiger partial charge in [0.25, 0.3) is 10.2 Å². The van der Waals surface area contributed by atoms with Gasteiger partial charge in [0, 0.05) is 25.7 Å². The lowest BCUT2D eigenvalue weighted by Crippen LogP contribution is -2.47. The summed E-state index contributed by atoms with van der Waals surface area (Å²) >= 11 is 0. The number of hydrogen-bond acceptors (Lipinski definition) is 3. The van der Waals surface area contributed by atoms with Crippen LogP contribution in [0.15, 0.2) is 0 Å². The molecule has 0 saturated carbocycles. The van der Waals surface area contributed by atoms with Gasteiger partial charge in [-0.2, -0.15) is 12.7 Å². The first kappa shape index (κ1) is 14.9. The van der Waals surface area contributed by atoms with Gasteiger partial charge in [0.1, 0.15) is 0 Å². The summed E-state index contributed by atoms with van der Waals surface area (Å²) in [7, 11) is -3.23. The smallest absolute Gasteiger partial charge is 0.279 e. The van der Waals surface area contributed by atoms with Crippen molar-refractivity contribution in [2.75, 3.05) is 26.2 Å². The summed E-state index contributed by atoms with van der Waals surface area (Å²) in [4.78, 5) is 0. The zero-order chi connectivity index (χ0) is 12.9. The van der Waals surface area contributed by atoms with Crippen LogP contribution in [0.3, 0.4) is 0 Å². The van der Waals surface area contributed by atoms with E-state index in [1.165, 1.54) is 0 Å². The summed E-state index contributed by atoms with van der Waals surface area (Å²) in [6.45, 7) is 8.78. The van der Waals surface area contributed by atoms with Gasteiger partial charge >= 0.3 is 0 Å². The van der Waals surface area contributed by atoms with Gasteiger partial charge in [-0.3, -0.25) is 0 Å². The molecular weight excluding hydrogens is 238 g/mol. The molecule has 0 radical (unpaired) electrons. The van der Waals surface area contributed by atoms with Crippen LogP contribution >= 0.6 is 0 Å². The largest absolute Gasteiger partial charge is 0.314 e. The summed E-state index contributed by atoms with van der Waals surface area (Å²) in [5.74, 6) is 0.586. The monoisotopic (exact) mass is 263 g/mol. The molecule has 5 nitrogen and oxygen atoms in total. The Kier molecular flexibility index (Phi) is 5.85. The molecule has 0 amide bonds. The average molecular weight is 263 g/mol. The van der Waals surface area contributed by atoms with Gasteiger partial charge in [0.15, 0.2) is 0 Å². The highest BCUT2D eigenvalue weighted by Crippen LogP contribution is 2.21. The van der Waals surface area contributed by atoms with Gasteiger partial charge in [-0.15, -0.1) is 0 Å². The Morgan fingerprint density at radius 1 is 1.24 bits per heavy atom. The van der Waals surface area contributed by atoms with Crippen molar-refractivity contribution in [3.05, 3.63) is 0 Å². The third-order valence-corrected chi connectivity index (χ3v) is 5.10. The van der Waals surface area contributed by atoms with Crippen LogP contribution < -0.4 is 10.0 Å². The van der Waals surface area contributed by atoms with Crippen LogP contribution in [0.25, 0.3) is 0 Å². The van der Waals surface area contributed by atoms with E-state index < -0.39 is 10.2 Å². The van der Waals surface area contributed by atoms with Crippen molar-refractivity contribution in [1.82, 2.24) is 14.3 Å². The van der Waals surface area contributed by atoms with Crippen LogP contribution in [0.1, 0.15) is 33.6 Å². The van der Waals surface area contributed by atoms with Crippen molar-refractivity contribution in [2.24, 2.45) is 5.92 Å². The Morgan fingerprint density at radius 3 is 2.29 bits per heavy atom. The predicted molar refractivity (Wildman–Crippen MR) is 70.0 cm³/mol. The molecule has 0 aliphatic carbocycles. The van der Waals surface area contributed by atoms with Gasteiger partial charge in [0.05, 0.1) is 0 Å². The fourth-order valence-corrected chi connectivity index (χ4v) is 3.62. The minimum atomic E-state index is -3.23. The van der Waals surface area contributed by atoms with Crippen LogP contribution in [0.5, 0.6) is 0 Å². The Balaban J connectivity index is 2.45. The van der Waals surface area contributed by atoms with E-state index in [-0.39, 0.29) is 0 Å². The van der Waals surface area contributed by atoms with Crippen LogP contribution in [-0.4, -0.2) is 44.9 Å². The molecule has 1 aliphatic rings. The molecule has 6 heteroatoms. The summed E-state index contributed by atoms with van der Waals surface area (Å²) < 4.78 is 27.7. The fourth-order valence-electron chi connectivity index (χ4n) is 2.38. The predicted octanol–water partition coefficient (Wildman–Crippen LogP) is 0.551. The number of piperidine rings is 1. The summed E-state index contributed by atoms with van der Waals surface area (Å²) in [5, 5.41) is 3.41. The highest BCUT2D eigenvalue weighted by Gasteiger charge is 2.29. The van der Waals surface area contributed by atoms with Crippen LogP contribution in [0.4, 0.5) is 0 Å². The van der Waals surface area contributed by atoms with Crippen molar-refractivity contribution in [3.63, 3.8) is 0 Å². The number of nitrogens with zero attached hydrogens (tertiary/aromatic N) is 1. The average Bonchev–Trinajstić information content (AvgIpc) is 2.29. The molecule has 0 spiro atoms. The van der Waals surface area contributed by atoms with Gasteiger partial charge in [-0.05, 0) is 32.2 Å². The Bertz CT molecular complexity index is 311. The molecule has 1 saturated heterocycles. The van der Waals surface area contributed by atoms with E-state index in [1.807, 2.05) is 0 Å². The Hall–Kier alpha value is -0.170. The second-order valence-electron chi connectivity index (χ2n) is 4.59. The highest BCUT2D eigenvalue weighted by molar-refractivity contribution is 7.87. The molecule has 1 unspecified atom stereocenters. The van der Waals surface area contributed by atoms with Crippen LogP contribution in [-0.2, 0) is 10.2 Å². The number of hydrogen-bond donors (Lipinski definition) is 2. The summed E-state index contributed by atoms with van der Waals surface area (Å²) in [5.41, 5.74) is 0. The minimum absolute atomic E-state index is 0.454. The lowest BCUT2D eigenvalue weighted by atomic mass is 9.91. The van der Waals surface area contributed by atoms with E-state index in [2.05, 4.69) is 23.9 Å². The molecule has 1 aliphatic heterocycles. The molecule has 1 fully saturated rings. The first-order valence-electron chi connectivity index (χ1n) is 6.49. The van der Waals surface area contributed by atoms with Crippen molar-refractivity contribution in [3.8, 4) is 0 Å². The second-order valence-corrected chi connectivity index (χ2v) is 6.34. The molecule has 102 valence electrons. The molecule has 17 heavy (non-hydrogen) atoms. The van der Waals surface area contributed by atoms with Gasteiger partial charge in [0.2, 0.25) is 0 Å². The molecule has 0 bridgehead atoms. The molecule has 0 aromatic carbocycles. The first-order chi connectivity index (χ1) is 8.01. The SMILES string of the molecule is CCNC(C)C1CCN(S(=O)(=O)NCC)CC1. The molecular formula is C11H25N3O2S. The quantitative estimate of drug-likeness (QED) is 0.736. The highest BCUT2D eigenvalue weighted by atomic mass is 32.2. The van der Waals surface area contributed by atoms with E-state index in [0.717, 1.165) is 19.4 Å². The molecule has 2 N–H and O–H groups in total. The van der Waals surface area contributed by atoms with Gasteiger partial charge in [-0.1, -0.05) is 13.8 Å². The van der Waals surface area contributed by atoms with Crippen molar-refractivity contribution in [2.45, 2.75) is 39.7 Å². The van der Waals surface area contributed by atoms with E-state index in [1.54, 1.807) is 11.2 Å². The molecule has 1 atom stereocenters. The maximum absolute atomic E-state index is 11.8. The molecule has 1 rings (SSSR count). The normalized spacial score (nSPS) is 21.6. The van der Waals surface area contributed by atoms with E-state index in [4.69, 9.17) is 0 Å². The third-order valence-electron chi connectivity index (χ3n) is 3.40. The van der Waals surface area contributed by atoms with Crippen molar-refractivity contribution < 1.29 is 8.42 Å². The molecule has 0 aromatic heterocycles. The zero-order valence-electron chi connectivity index (χ0n) is 11.1. The number of rotatable bonds is 6. The van der Waals surface area contributed by atoms with Crippen molar-refractivity contribution in [1.29, 1.82) is 0 Å². The maximum Gasteiger partial charge on any atom is 0.279 e. The molecule has 0 aromatic rings. The van der Waals surface area contributed by atoms with Gasteiger partial charge in [-0.25, -0.2) is 4.72 Å². The number of nitrogens with one attached hydrogen (secondary N) is 2. The van der Waals surface area contributed by atoms with Crippen LogP contribution in [0.2, 0.25) is 0 Å². The van der Waals surface area contributed by atoms with E-state index >= 15 is 0 Å². The molecule has 1 heterocycles. The Labute approximate surface area is 105 Å². The maximum atomic E-state index is 11.8. The lowest BCUT2D eigenvalue weighted by molar-refractivity contribution is 0.231. The van der Waals surface area contributed by atoms with E-state index in [9.17, 15) is 8.42 Å². The third kappa shape index (κ3) is 4.21. The lowest BCUT2D eigenvalue weighted by Gasteiger charge is -2.34. The zero-order valence-corrected chi connectivity index (χ0v) is 11.9. The van der Waals surface area contributed by atoms with Crippen LogP contribution in [0, 0.1) is 5.92 Å². The second kappa shape index (κ2) is 6.68. The standard InChI is InChI=1S/C11H25N3O2S/c1-4-12-10(3)11-6-8-14(9-7-11)17(15,16)13-5-2/h10-13H,4-9H2,1-3H3. The Morgan fingerprint density at radius 2 is 1.82 bits per heavy atom. The van der Waals surface area contributed by atoms with E-state index in [0.29, 0.717) is 31.6 Å². The van der Waals surface area contributed by atoms with Crippen molar-refractivity contribution >= 4 is 10.2 Å². The summed E-state index contributed by atoms with van der Waals surface area (Å²) in [6.07, 6.45) is 1.89. The minimum Gasteiger partial charge on any atom is -0.314 e. The summed E-state index contributed by atoms with van der Waals surface area (Å²) in [6, 6.07) is 0.476.